The van der Waals surface area contributed by atoms with Gasteiger partial charge in [0.05, 0.1) is 17.0 Å². The van der Waals surface area contributed by atoms with Gasteiger partial charge in [0.1, 0.15) is 11.9 Å². The number of aromatic nitrogens is 2. The van der Waals surface area contributed by atoms with E-state index >= 15 is 4.39 Å². The number of Topliss-reactive ketones (excluding diaryl/α,β-unsaturated/α-hetero) is 1. The second-order valence-corrected chi connectivity index (χ2v) is 9.92. The maximum atomic E-state index is 15.0. The molecule has 0 bridgehead atoms. The maximum absolute atomic E-state index is 15.0. The number of rotatable bonds is 2. The molecular formula is C27H28FN5O2. The van der Waals surface area contributed by atoms with Gasteiger partial charge >= 0.3 is 0 Å². The van der Waals surface area contributed by atoms with Gasteiger partial charge in [-0.3, -0.25) is 9.59 Å². The number of ketones is 1. The van der Waals surface area contributed by atoms with E-state index in [0.29, 0.717) is 49.8 Å². The molecule has 8 heteroatoms. The molecule has 0 unspecified atom stereocenters. The van der Waals surface area contributed by atoms with Gasteiger partial charge in [-0.05, 0) is 30.9 Å². The Kier molecular flexibility index (Phi) is 5.66. The maximum Gasteiger partial charge on any atom is 0.226 e. The average Bonchev–Trinajstić information content (AvgIpc) is 2.86. The Hall–Kier alpha value is -3.60. The number of nitrogens with zero attached hydrogens (tertiary/aromatic N) is 5. The Morgan fingerprint density at radius 3 is 2.57 bits per heavy atom. The first-order valence-corrected chi connectivity index (χ1v) is 12.1. The van der Waals surface area contributed by atoms with Crippen LogP contribution in [0.5, 0.6) is 0 Å². The van der Waals surface area contributed by atoms with E-state index in [1.165, 1.54) is 6.07 Å². The van der Waals surface area contributed by atoms with Crippen molar-refractivity contribution < 1.29 is 14.0 Å². The van der Waals surface area contributed by atoms with Gasteiger partial charge in [0, 0.05) is 55.6 Å². The predicted octanol–water partition coefficient (Wildman–Crippen LogP) is 3.44. The van der Waals surface area contributed by atoms with Crippen molar-refractivity contribution in [2.45, 2.75) is 39.0 Å². The molecule has 0 N–H and O–H groups in total. The van der Waals surface area contributed by atoms with Crippen molar-refractivity contribution >= 4 is 17.6 Å². The van der Waals surface area contributed by atoms with Gasteiger partial charge in [0.15, 0.2) is 5.78 Å². The number of hydrogen-bond donors (Lipinski definition) is 0. The van der Waals surface area contributed by atoms with Crippen molar-refractivity contribution in [2.24, 2.45) is 11.8 Å². The lowest BCUT2D eigenvalue weighted by molar-refractivity contribution is -0.129. The van der Waals surface area contributed by atoms with Crippen LogP contribution in [0.4, 0.5) is 10.3 Å². The first-order valence-electron chi connectivity index (χ1n) is 12.1. The van der Waals surface area contributed by atoms with Crippen molar-refractivity contribution in [1.29, 1.82) is 5.26 Å². The molecule has 1 aromatic carbocycles. The largest absolute Gasteiger partial charge is 0.339 e. The number of carbonyl (C=O) groups excluding carboxylic acids is 2. The van der Waals surface area contributed by atoms with Crippen LogP contribution in [0.2, 0.25) is 0 Å². The van der Waals surface area contributed by atoms with E-state index in [0.717, 1.165) is 17.7 Å². The number of carbonyl (C=O) groups is 2. The molecular weight excluding hydrogens is 445 g/mol. The molecule has 0 spiro atoms. The molecule has 3 aliphatic rings. The Balaban J connectivity index is 1.70. The second kappa shape index (κ2) is 8.56. The van der Waals surface area contributed by atoms with Crippen LogP contribution in [0.1, 0.15) is 38.4 Å². The van der Waals surface area contributed by atoms with E-state index < -0.39 is 5.41 Å². The molecule has 1 aromatic heterocycles. The molecule has 0 radical (unpaired) electrons. The van der Waals surface area contributed by atoms with Crippen LogP contribution in [0.15, 0.2) is 35.9 Å². The molecule has 1 fully saturated rings. The zero-order valence-electron chi connectivity index (χ0n) is 20.2. The fraction of sp³-hybridized carbons (Fsp3) is 0.444. The molecule has 2 aliphatic carbocycles. The van der Waals surface area contributed by atoms with Crippen LogP contribution < -0.4 is 4.90 Å². The molecule has 3 atom stereocenters. The van der Waals surface area contributed by atoms with Crippen molar-refractivity contribution in [1.82, 2.24) is 14.9 Å². The molecule has 1 amide bonds. The van der Waals surface area contributed by atoms with E-state index in [4.69, 9.17) is 9.97 Å². The molecule has 2 heterocycles. The third-order valence-electron chi connectivity index (χ3n) is 7.97. The molecule has 7 nitrogen and oxygen atoms in total. The number of benzene rings is 1. The summed E-state index contributed by atoms with van der Waals surface area (Å²) in [5, 5.41) is 9.67. The van der Waals surface area contributed by atoms with E-state index in [2.05, 4.69) is 6.07 Å². The summed E-state index contributed by atoms with van der Waals surface area (Å²) in [6.45, 7) is 7.76. The number of amides is 1. The summed E-state index contributed by atoms with van der Waals surface area (Å²) in [5.74, 6) is -0.263. The van der Waals surface area contributed by atoms with Crippen LogP contribution in [-0.4, -0.2) is 52.7 Å². The van der Waals surface area contributed by atoms with Crippen molar-refractivity contribution in [3.05, 3.63) is 53.0 Å². The predicted molar refractivity (Wildman–Crippen MR) is 129 cm³/mol. The molecule has 0 saturated carbocycles. The molecule has 5 rings (SSSR count). The normalized spacial score (nSPS) is 25.9. The standard InChI is InChI=1S/C27H28FN5O2/c1-16-21-9-8-20-23(19-6-4-5-7-22(19)28)30-26(33-12-10-32(11-13-33)17(2)34)31-25(20)27(21,3)14-18(15-29)24(16)35/h4-7,14,16,21H,8-13H2,1-3H3/t16-,21-,27-/m1/s1. The molecule has 1 saturated heterocycles. The highest BCUT2D eigenvalue weighted by molar-refractivity contribution is 6.02. The third-order valence-corrected chi connectivity index (χ3v) is 7.97. The van der Waals surface area contributed by atoms with Gasteiger partial charge in [-0.25, -0.2) is 14.4 Å². The first-order chi connectivity index (χ1) is 16.7. The SMILES string of the molecule is CC(=O)N1CCN(c2nc(-c3ccccc3F)c3c(n2)[C@]2(C)C=C(C#N)C(=O)[C@H](C)[C@H]2CC3)CC1. The van der Waals surface area contributed by atoms with Crippen molar-refractivity contribution in [2.75, 3.05) is 31.1 Å². The van der Waals surface area contributed by atoms with E-state index in [1.54, 1.807) is 36.1 Å². The number of piperazine rings is 1. The van der Waals surface area contributed by atoms with Crippen LogP contribution >= 0.6 is 0 Å². The van der Waals surface area contributed by atoms with Crippen LogP contribution in [0, 0.1) is 29.0 Å². The lowest BCUT2D eigenvalue weighted by Crippen LogP contribution is -2.49. The number of nitriles is 1. The van der Waals surface area contributed by atoms with E-state index in [1.807, 2.05) is 18.7 Å². The molecule has 1 aliphatic heterocycles. The van der Waals surface area contributed by atoms with Gasteiger partial charge in [-0.1, -0.05) is 32.1 Å². The zero-order chi connectivity index (χ0) is 24.9. The Morgan fingerprint density at radius 2 is 1.91 bits per heavy atom. The Morgan fingerprint density at radius 1 is 1.20 bits per heavy atom. The van der Waals surface area contributed by atoms with Crippen molar-refractivity contribution in [3.8, 4) is 17.3 Å². The monoisotopic (exact) mass is 473 g/mol. The minimum absolute atomic E-state index is 0.00891. The summed E-state index contributed by atoms with van der Waals surface area (Å²) in [6, 6.07) is 8.69. The van der Waals surface area contributed by atoms with E-state index in [9.17, 15) is 14.9 Å². The lowest BCUT2D eigenvalue weighted by Gasteiger charge is -2.46. The number of anilines is 1. The third kappa shape index (κ3) is 3.70. The summed E-state index contributed by atoms with van der Waals surface area (Å²) in [7, 11) is 0. The molecule has 180 valence electrons. The highest BCUT2D eigenvalue weighted by Crippen LogP contribution is 2.51. The minimum atomic E-state index is -0.648. The first kappa shape index (κ1) is 23.2. The smallest absolute Gasteiger partial charge is 0.226 e. The Bertz CT molecular complexity index is 1290. The number of hydrogen-bond acceptors (Lipinski definition) is 6. The molecule has 35 heavy (non-hydrogen) atoms. The van der Waals surface area contributed by atoms with Gasteiger partial charge in [-0.2, -0.15) is 5.26 Å². The van der Waals surface area contributed by atoms with Crippen LogP contribution in [0.25, 0.3) is 11.3 Å². The minimum Gasteiger partial charge on any atom is -0.339 e. The molecule has 2 aromatic rings. The fourth-order valence-corrected chi connectivity index (χ4v) is 6.00. The fourth-order valence-electron chi connectivity index (χ4n) is 6.00. The quantitative estimate of drug-likeness (QED) is 0.664. The summed E-state index contributed by atoms with van der Waals surface area (Å²) < 4.78 is 15.0. The summed E-state index contributed by atoms with van der Waals surface area (Å²) in [5.41, 5.74) is 2.12. The van der Waals surface area contributed by atoms with Gasteiger partial charge < -0.3 is 9.80 Å². The summed E-state index contributed by atoms with van der Waals surface area (Å²) >= 11 is 0. The van der Waals surface area contributed by atoms with Gasteiger partial charge in [-0.15, -0.1) is 0 Å². The highest BCUT2D eigenvalue weighted by Gasteiger charge is 2.50. The lowest BCUT2D eigenvalue weighted by atomic mass is 9.57. The summed E-state index contributed by atoms with van der Waals surface area (Å²) in [4.78, 5) is 38.3. The van der Waals surface area contributed by atoms with E-state index in [-0.39, 0.29) is 34.9 Å². The van der Waals surface area contributed by atoms with Gasteiger partial charge in [0.25, 0.3) is 0 Å². The topological polar surface area (TPSA) is 90.2 Å². The average molecular weight is 474 g/mol. The Labute approximate surface area is 204 Å². The zero-order valence-corrected chi connectivity index (χ0v) is 20.2. The van der Waals surface area contributed by atoms with Crippen molar-refractivity contribution in [3.63, 3.8) is 0 Å². The van der Waals surface area contributed by atoms with Gasteiger partial charge in [0.2, 0.25) is 11.9 Å². The van der Waals surface area contributed by atoms with Crippen LogP contribution in [0.3, 0.4) is 0 Å². The number of fused-ring (bicyclic) bond motifs is 3. The van der Waals surface area contributed by atoms with Crippen LogP contribution in [-0.2, 0) is 21.4 Å². The number of allylic oxidation sites excluding steroid dienone is 2. The number of halogens is 1. The second-order valence-electron chi connectivity index (χ2n) is 9.92. The highest BCUT2D eigenvalue weighted by atomic mass is 19.1. The summed E-state index contributed by atoms with van der Waals surface area (Å²) in [6.07, 6.45) is 3.13.